The van der Waals surface area contributed by atoms with E-state index in [0.29, 0.717) is 25.3 Å². The lowest BCUT2D eigenvalue weighted by molar-refractivity contribution is -0.913. The standard InChI is InChI=1S/C19H20FN3O3/c1-2-22(12-18(24)21-11-14-7-9-15(20)10-8-14)13-23-16-5-3-4-6-17(16)26-19(23)25/h3-10H,2,11-13H2,1H3,(H,21,24)/p+1. The molecule has 2 aromatic carbocycles. The van der Waals surface area contributed by atoms with Crippen LogP contribution in [-0.2, 0) is 18.0 Å². The van der Waals surface area contributed by atoms with Crippen LogP contribution in [0.1, 0.15) is 12.5 Å². The molecule has 0 fully saturated rings. The molecular formula is C19H21FN3O3+. The molecule has 0 aliphatic carbocycles. The molecule has 136 valence electrons. The Balaban J connectivity index is 1.61. The number of aromatic nitrogens is 1. The molecule has 2 N–H and O–H groups in total. The van der Waals surface area contributed by atoms with Gasteiger partial charge in [0.1, 0.15) is 5.82 Å². The zero-order valence-corrected chi connectivity index (χ0v) is 14.5. The van der Waals surface area contributed by atoms with Crippen molar-refractivity contribution in [1.29, 1.82) is 0 Å². The number of halogens is 1. The molecule has 7 heteroatoms. The van der Waals surface area contributed by atoms with Gasteiger partial charge in [-0.1, -0.05) is 24.3 Å². The molecule has 1 atom stereocenters. The van der Waals surface area contributed by atoms with Gasteiger partial charge in [-0.3, -0.25) is 4.79 Å². The van der Waals surface area contributed by atoms with Gasteiger partial charge in [0.15, 0.2) is 18.8 Å². The van der Waals surface area contributed by atoms with E-state index in [9.17, 15) is 14.0 Å². The van der Waals surface area contributed by atoms with Gasteiger partial charge in [0.2, 0.25) is 0 Å². The lowest BCUT2D eigenvalue weighted by atomic mass is 10.2. The highest BCUT2D eigenvalue weighted by atomic mass is 19.1. The van der Waals surface area contributed by atoms with Crippen LogP contribution in [0, 0.1) is 5.82 Å². The first-order valence-electron chi connectivity index (χ1n) is 8.50. The molecule has 3 aromatic rings. The van der Waals surface area contributed by atoms with Crippen molar-refractivity contribution in [3.63, 3.8) is 0 Å². The van der Waals surface area contributed by atoms with E-state index in [1.54, 1.807) is 22.8 Å². The maximum Gasteiger partial charge on any atom is 0.424 e. The van der Waals surface area contributed by atoms with Gasteiger partial charge in [-0.15, -0.1) is 0 Å². The zero-order chi connectivity index (χ0) is 18.5. The number of para-hydroxylation sites is 2. The van der Waals surface area contributed by atoms with E-state index in [1.165, 1.54) is 12.1 Å². The van der Waals surface area contributed by atoms with Gasteiger partial charge in [-0.25, -0.2) is 13.8 Å². The van der Waals surface area contributed by atoms with E-state index in [2.05, 4.69) is 5.32 Å². The number of likely N-dealkylation sites (N-methyl/N-ethyl adjacent to an activating group) is 1. The largest absolute Gasteiger partial charge is 0.424 e. The van der Waals surface area contributed by atoms with Crippen molar-refractivity contribution in [1.82, 2.24) is 9.88 Å². The van der Waals surface area contributed by atoms with Crippen molar-refractivity contribution in [2.75, 3.05) is 13.1 Å². The van der Waals surface area contributed by atoms with Gasteiger partial charge in [-0.05, 0) is 36.8 Å². The molecule has 1 heterocycles. The number of benzene rings is 2. The summed E-state index contributed by atoms with van der Waals surface area (Å²) in [5.74, 6) is -0.865. The number of rotatable bonds is 7. The number of carbonyl (C=O) groups excluding carboxylic acids is 1. The molecule has 0 saturated heterocycles. The Morgan fingerprint density at radius 1 is 1.19 bits per heavy atom. The highest BCUT2D eigenvalue weighted by molar-refractivity contribution is 5.76. The summed E-state index contributed by atoms with van der Waals surface area (Å²) in [6.45, 7) is 3.54. The second kappa shape index (κ2) is 7.97. The average molecular weight is 358 g/mol. The van der Waals surface area contributed by atoms with E-state index >= 15 is 0 Å². The van der Waals surface area contributed by atoms with Crippen LogP contribution >= 0.6 is 0 Å². The third kappa shape index (κ3) is 4.18. The van der Waals surface area contributed by atoms with Crippen LogP contribution in [0.25, 0.3) is 11.1 Å². The van der Waals surface area contributed by atoms with Gasteiger partial charge >= 0.3 is 5.76 Å². The third-order valence-electron chi connectivity index (χ3n) is 4.27. The Kier molecular flexibility index (Phi) is 5.48. The summed E-state index contributed by atoms with van der Waals surface area (Å²) in [6, 6.07) is 13.2. The summed E-state index contributed by atoms with van der Waals surface area (Å²) in [7, 11) is 0. The molecule has 0 aliphatic rings. The summed E-state index contributed by atoms with van der Waals surface area (Å²) >= 11 is 0. The second-order valence-electron chi connectivity index (χ2n) is 6.11. The van der Waals surface area contributed by atoms with Crippen LogP contribution in [-0.4, -0.2) is 23.6 Å². The molecule has 0 radical (unpaired) electrons. The number of quaternary nitrogens is 1. The normalized spacial score (nSPS) is 12.2. The number of amides is 1. The molecule has 0 bridgehead atoms. The fourth-order valence-electron chi connectivity index (χ4n) is 2.77. The van der Waals surface area contributed by atoms with Gasteiger partial charge < -0.3 is 14.6 Å². The maximum absolute atomic E-state index is 12.9. The molecule has 0 spiro atoms. The van der Waals surface area contributed by atoms with Crippen molar-refractivity contribution in [2.24, 2.45) is 0 Å². The number of nitrogens with zero attached hydrogens (tertiary/aromatic N) is 1. The summed E-state index contributed by atoms with van der Waals surface area (Å²) in [4.78, 5) is 25.2. The van der Waals surface area contributed by atoms with E-state index in [0.717, 1.165) is 16.0 Å². The Labute approximate surface area is 149 Å². The average Bonchev–Trinajstić information content (AvgIpc) is 2.96. The van der Waals surface area contributed by atoms with E-state index in [4.69, 9.17) is 4.42 Å². The van der Waals surface area contributed by atoms with Crippen molar-refractivity contribution in [3.8, 4) is 0 Å². The lowest BCUT2D eigenvalue weighted by Gasteiger charge is -2.17. The van der Waals surface area contributed by atoms with Crippen LogP contribution in [0.15, 0.2) is 57.7 Å². The molecule has 1 aromatic heterocycles. The smallest absolute Gasteiger partial charge is 0.408 e. The number of hydrogen-bond acceptors (Lipinski definition) is 3. The molecule has 26 heavy (non-hydrogen) atoms. The first kappa shape index (κ1) is 17.9. The van der Waals surface area contributed by atoms with Gasteiger partial charge in [-0.2, -0.15) is 0 Å². The number of fused-ring (bicyclic) bond motifs is 1. The van der Waals surface area contributed by atoms with Crippen molar-refractivity contribution >= 4 is 17.0 Å². The molecular weight excluding hydrogens is 337 g/mol. The maximum atomic E-state index is 12.9. The highest BCUT2D eigenvalue weighted by Gasteiger charge is 2.17. The minimum atomic E-state index is -0.427. The lowest BCUT2D eigenvalue weighted by Crippen LogP contribution is -3.12. The first-order valence-corrected chi connectivity index (χ1v) is 8.50. The second-order valence-corrected chi connectivity index (χ2v) is 6.11. The van der Waals surface area contributed by atoms with Crippen LogP contribution in [0.5, 0.6) is 0 Å². The summed E-state index contributed by atoms with van der Waals surface area (Å²) < 4.78 is 19.7. The highest BCUT2D eigenvalue weighted by Crippen LogP contribution is 2.10. The Morgan fingerprint density at radius 2 is 1.92 bits per heavy atom. The number of hydrogen-bond donors (Lipinski definition) is 2. The van der Waals surface area contributed by atoms with E-state index < -0.39 is 5.76 Å². The molecule has 1 unspecified atom stereocenters. The van der Waals surface area contributed by atoms with Crippen LogP contribution < -0.4 is 16.0 Å². The predicted octanol–water partition coefficient (Wildman–Crippen LogP) is 0.912. The fraction of sp³-hybridized carbons (Fsp3) is 0.263. The van der Waals surface area contributed by atoms with Crippen LogP contribution in [0.4, 0.5) is 4.39 Å². The molecule has 3 rings (SSSR count). The van der Waals surface area contributed by atoms with Crippen molar-refractivity contribution in [2.45, 2.75) is 20.1 Å². The quantitative estimate of drug-likeness (QED) is 0.660. The van der Waals surface area contributed by atoms with Gasteiger partial charge in [0.25, 0.3) is 5.91 Å². The van der Waals surface area contributed by atoms with Gasteiger partial charge in [0, 0.05) is 6.54 Å². The van der Waals surface area contributed by atoms with Crippen LogP contribution in [0.2, 0.25) is 0 Å². The van der Waals surface area contributed by atoms with Gasteiger partial charge in [0.05, 0.1) is 12.1 Å². The molecule has 1 amide bonds. The minimum absolute atomic E-state index is 0.132. The number of carbonyl (C=O) groups is 1. The predicted molar refractivity (Wildman–Crippen MR) is 95.1 cm³/mol. The number of nitrogens with one attached hydrogen (secondary N) is 2. The first-order chi connectivity index (χ1) is 12.6. The van der Waals surface area contributed by atoms with Crippen molar-refractivity contribution < 1.29 is 18.5 Å². The van der Waals surface area contributed by atoms with Crippen LogP contribution in [0.3, 0.4) is 0 Å². The third-order valence-corrected chi connectivity index (χ3v) is 4.27. The Bertz CT molecular complexity index is 947. The monoisotopic (exact) mass is 358 g/mol. The molecule has 0 aliphatic heterocycles. The fourth-order valence-corrected chi connectivity index (χ4v) is 2.77. The summed E-state index contributed by atoms with van der Waals surface area (Å²) in [5, 5.41) is 2.82. The summed E-state index contributed by atoms with van der Waals surface area (Å²) in [5.41, 5.74) is 2.08. The van der Waals surface area contributed by atoms with E-state index in [1.807, 2.05) is 25.1 Å². The Morgan fingerprint density at radius 3 is 2.65 bits per heavy atom. The zero-order valence-electron chi connectivity index (χ0n) is 14.5. The van der Waals surface area contributed by atoms with Crippen molar-refractivity contribution in [3.05, 3.63) is 70.5 Å². The Hall–Kier alpha value is -2.93. The molecule has 6 nitrogen and oxygen atoms in total. The van der Waals surface area contributed by atoms with E-state index in [-0.39, 0.29) is 18.3 Å². The number of oxazole rings is 1. The molecule has 0 saturated carbocycles. The summed E-state index contributed by atoms with van der Waals surface area (Å²) in [6.07, 6.45) is 0. The minimum Gasteiger partial charge on any atom is -0.408 e. The SMILES string of the molecule is CC[NH+](CC(=O)NCc1ccc(F)cc1)Cn1c(=O)oc2ccccc21. The topological polar surface area (TPSA) is 68.7 Å².